The number of morpholine rings is 1. The number of anilines is 2. The molecule has 3 aromatic heterocycles. The van der Waals surface area contributed by atoms with Crippen LogP contribution >= 0.6 is 22.9 Å². The van der Waals surface area contributed by atoms with Gasteiger partial charge < -0.3 is 14.8 Å². The summed E-state index contributed by atoms with van der Waals surface area (Å²) in [6.07, 6.45) is 9.04. The summed E-state index contributed by atoms with van der Waals surface area (Å²) in [5.41, 5.74) is 5.34. The maximum atomic E-state index is 13.5. The summed E-state index contributed by atoms with van der Waals surface area (Å²) >= 11 is 8.27. The number of aryl methyl sites for hydroxylation is 2. The second-order valence-corrected chi connectivity index (χ2v) is 12.6. The smallest absolute Gasteiger partial charge is 0.142 e. The van der Waals surface area contributed by atoms with Crippen LogP contribution in [-0.4, -0.2) is 57.5 Å². The van der Waals surface area contributed by atoms with Gasteiger partial charge in [-0.05, 0) is 73.7 Å². The first-order chi connectivity index (χ1) is 21.6. The molecule has 0 amide bonds. The minimum absolute atomic E-state index is 0.228. The van der Waals surface area contributed by atoms with Crippen molar-refractivity contribution >= 4 is 44.7 Å². The molecule has 5 aromatic rings. The van der Waals surface area contributed by atoms with Crippen molar-refractivity contribution in [2.75, 3.05) is 38.2 Å². The molecule has 0 radical (unpaired) electrons. The second kappa shape index (κ2) is 13.2. The molecule has 1 N–H and O–H groups in total. The quantitative estimate of drug-likeness (QED) is 0.153. The van der Waals surface area contributed by atoms with Gasteiger partial charge in [-0.2, -0.15) is 5.10 Å². The zero-order valence-electron chi connectivity index (χ0n) is 24.4. The van der Waals surface area contributed by atoms with E-state index < -0.39 is 0 Å². The predicted molar refractivity (Wildman–Crippen MR) is 173 cm³/mol. The van der Waals surface area contributed by atoms with E-state index in [-0.39, 0.29) is 12.4 Å². The topological polar surface area (TPSA) is 77.3 Å². The summed E-state index contributed by atoms with van der Waals surface area (Å²) < 4.78 is 27.0. The predicted octanol–water partition coefficient (Wildman–Crippen LogP) is 7.27. The minimum atomic E-state index is -0.292. The molecule has 1 saturated heterocycles. The lowest BCUT2D eigenvalue weighted by Gasteiger charge is -2.26. The first-order valence-electron chi connectivity index (χ1n) is 15.2. The van der Waals surface area contributed by atoms with Crippen LogP contribution in [0, 0.1) is 5.82 Å². The molecule has 0 unspecified atom stereocenters. The van der Waals surface area contributed by atoms with Gasteiger partial charge in [0.05, 0.1) is 29.8 Å². The van der Waals surface area contributed by atoms with Gasteiger partial charge in [-0.1, -0.05) is 30.2 Å². The average molecular weight is 633 g/mol. The molecule has 0 atom stereocenters. The van der Waals surface area contributed by atoms with Crippen LogP contribution in [0.3, 0.4) is 0 Å². The normalized spacial score (nSPS) is 14.9. The Kier molecular flexibility index (Phi) is 8.74. The van der Waals surface area contributed by atoms with Gasteiger partial charge in [0.15, 0.2) is 0 Å². The lowest BCUT2D eigenvalue weighted by molar-refractivity contribution is 0.0371. The van der Waals surface area contributed by atoms with Crippen LogP contribution in [0.2, 0.25) is 5.02 Å². The molecular formula is C33H34ClFN6O2S. The Morgan fingerprint density at radius 2 is 1.91 bits per heavy atom. The van der Waals surface area contributed by atoms with Crippen molar-refractivity contribution in [1.29, 1.82) is 0 Å². The molecule has 1 aliphatic carbocycles. The average Bonchev–Trinajstić information content (AvgIpc) is 3.63. The lowest BCUT2D eigenvalue weighted by atomic mass is 9.95. The van der Waals surface area contributed by atoms with E-state index >= 15 is 0 Å². The fourth-order valence-corrected chi connectivity index (χ4v) is 7.52. The number of benzene rings is 2. The van der Waals surface area contributed by atoms with Crippen molar-refractivity contribution in [1.82, 2.24) is 24.6 Å². The van der Waals surface area contributed by atoms with Crippen molar-refractivity contribution in [2.45, 2.75) is 45.3 Å². The van der Waals surface area contributed by atoms with E-state index in [9.17, 15) is 4.39 Å². The second-order valence-electron chi connectivity index (χ2n) is 11.2. The van der Waals surface area contributed by atoms with Gasteiger partial charge in [0.25, 0.3) is 0 Å². The van der Waals surface area contributed by atoms with Crippen LogP contribution < -0.4 is 10.1 Å². The number of fused-ring (bicyclic) bond motifs is 5. The molecule has 1 fully saturated rings. The SMILES string of the molecule is Fc1cccc(COc2ccc(Nc3ncnc4sc5c(c34)CCc3c-5cnn3CCCCCN3CCOCC3)cc2Cl)c1. The molecule has 8 nitrogen and oxygen atoms in total. The summed E-state index contributed by atoms with van der Waals surface area (Å²) in [4.78, 5) is 13.9. The zero-order valence-corrected chi connectivity index (χ0v) is 26.0. The van der Waals surface area contributed by atoms with Gasteiger partial charge in [-0.3, -0.25) is 9.58 Å². The molecule has 0 bridgehead atoms. The summed E-state index contributed by atoms with van der Waals surface area (Å²) in [6, 6.07) is 11.9. The number of ether oxygens (including phenoxy) is 2. The maximum Gasteiger partial charge on any atom is 0.142 e. The van der Waals surface area contributed by atoms with Crippen molar-refractivity contribution in [3.8, 4) is 16.2 Å². The van der Waals surface area contributed by atoms with E-state index in [1.165, 1.54) is 46.7 Å². The van der Waals surface area contributed by atoms with Crippen molar-refractivity contribution in [3.05, 3.63) is 82.6 Å². The molecule has 228 valence electrons. The van der Waals surface area contributed by atoms with E-state index in [0.717, 1.165) is 85.9 Å². The number of unbranched alkanes of at least 4 members (excludes halogenated alkanes) is 2. The van der Waals surface area contributed by atoms with E-state index in [4.69, 9.17) is 26.2 Å². The number of halogens is 2. The summed E-state index contributed by atoms with van der Waals surface area (Å²) in [7, 11) is 0. The number of hydrogen-bond donors (Lipinski definition) is 1. The standard InChI is InChI=1S/C33H34ClFN6O2S/c34-27-18-24(7-10-29(27)43-20-22-5-4-6-23(35)17-22)39-32-30-25-8-9-28-26(31(25)44-33(30)37-21-36-32)19-38-41(28)12-3-1-2-11-40-13-15-42-16-14-40/h4-7,10,17-19,21H,1-3,8-9,11-16,20H2,(H,36,37,39). The molecule has 0 spiro atoms. The van der Waals surface area contributed by atoms with Gasteiger partial charge in [0.2, 0.25) is 0 Å². The molecule has 4 heterocycles. The van der Waals surface area contributed by atoms with Gasteiger partial charge in [0, 0.05) is 41.5 Å². The summed E-state index contributed by atoms with van der Waals surface area (Å²) in [5.74, 6) is 0.997. The lowest BCUT2D eigenvalue weighted by Crippen LogP contribution is -2.36. The molecule has 44 heavy (non-hydrogen) atoms. The highest BCUT2D eigenvalue weighted by atomic mass is 35.5. The zero-order chi connectivity index (χ0) is 29.9. The van der Waals surface area contributed by atoms with Crippen LogP contribution in [0.15, 0.2) is 55.0 Å². The fourth-order valence-electron chi connectivity index (χ4n) is 6.06. The number of nitrogens with zero attached hydrogens (tertiary/aromatic N) is 5. The van der Waals surface area contributed by atoms with Crippen LogP contribution in [0.1, 0.15) is 36.1 Å². The molecule has 2 aromatic carbocycles. The van der Waals surface area contributed by atoms with E-state index in [2.05, 4.69) is 24.9 Å². The maximum absolute atomic E-state index is 13.5. The Bertz CT molecular complexity index is 1770. The van der Waals surface area contributed by atoms with Gasteiger partial charge >= 0.3 is 0 Å². The minimum Gasteiger partial charge on any atom is -0.487 e. The fraction of sp³-hybridized carbons (Fsp3) is 0.364. The summed E-state index contributed by atoms with van der Waals surface area (Å²) in [5, 5.41) is 9.77. The highest BCUT2D eigenvalue weighted by Gasteiger charge is 2.27. The third-order valence-electron chi connectivity index (χ3n) is 8.32. The molecule has 2 aliphatic rings. The molecule has 7 rings (SSSR count). The van der Waals surface area contributed by atoms with E-state index in [1.54, 1.807) is 23.7 Å². The first-order valence-corrected chi connectivity index (χ1v) is 16.4. The van der Waals surface area contributed by atoms with Crippen LogP contribution in [0.4, 0.5) is 15.9 Å². The third kappa shape index (κ3) is 6.30. The molecule has 0 saturated carbocycles. The number of aromatic nitrogens is 4. The van der Waals surface area contributed by atoms with Crippen LogP contribution in [0.25, 0.3) is 20.7 Å². The number of hydrogen-bond acceptors (Lipinski definition) is 8. The number of thiophene rings is 1. The van der Waals surface area contributed by atoms with Crippen molar-refractivity contribution < 1.29 is 13.9 Å². The highest BCUT2D eigenvalue weighted by Crippen LogP contribution is 2.45. The monoisotopic (exact) mass is 632 g/mol. The van der Waals surface area contributed by atoms with Gasteiger partial charge in [-0.15, -0.1) is 11.3 Å². The Hall–Kier alpha value is -3.57. The van der Waals surface area contributed by atoms with Crippen LogP contribution in [-0.2, 0) is 30.7 Å². The largest absolute Gasteiger partial charge is 0.487 e. The van der Waals surface area contributed by atoms with Crippen molar-refractivity contribution in [3.63, 3.8) is 0 Å². The highest BCUT2D eigenvalue weighted by molar-refractivity contribution is 7.22. The third-order valence-corrected chi connectivity index (χ3v) is 9.79. The molecule has 11 heteroatoms. The number of nitrogens with one attached hydrogen (secondary N) is 1. The Morgan fingerprint density at radius 3 is 2.77 bits per heavy atom. The first kappa shape index (κ1) is 29.2. The Labute approximate surface area is 264 Å². The van der Waals surface area contributed by atoms with Crippen molar-refractivity contribution in [2.24, 2.45) is 0 Å². The van der Waals surface area contributed by atoms with Crippen LogP contribution in [0.5, 0.6) is 5.75 Å². The van der Waals surface area contributed by atoms with Gasteiger partial charge in [0.1, 0.15) is 35.1 Å². The summed E-state index contributed by atoms with van der Waals surface area (Å²) in [6.45, 7) is 6.17. The Balaban J connectivity index is 1.03. The van der Waals surface area contributed by atoms with E-state index in [1.807, 2.05) is 30.5 Å². The number of rotatable bonds is 11. The molecular weight excluding hydrogens is 599 g/mol. The Morgan fingerprint density at radius 1 is 1.02 bits per heavy atom. The van der Waals surface area contributed by atoms with E-state index in [0.29, 0.717) is 10.8 Å². The van der Waals surface area contributed by atoms with Gasteiger partial charge in [-0.25, -0.2) is 14.4 Å². The molecule has 1 aliphatic heterocycles.